The van der Waals surface area contributed by atoms with E-state index in [0.717, 1.165) is 43.9 Å². The lowest BCUT2D eigenvalue weighted by molar-refractivity contribution is 0.110. The molecule has 0 aliphatic carbocycles. The van der Waals surface area contributed by atoms with Crippen LogP contribution in [0.4, 0.5) is 0 Å². The molecule has 3 aromatic rings. The van der Waals surface area contributed by atoms with E-state index in [4.69, 9.17) is 4.98 Å². The Hall–Kier alpha value is -2.76. The second kappa shape index (κ2) is 10.7. The molecule has 2 saturated heterocycles. The summed E-state index contributed by atoms with van der Waals surface area (Å²) in [5.74, 6) is 1.21. The molecule has 5 rings (SSSR count). The van der Waals surface area contributed by atoms with Crippen molar-refractivity contribution < 1.29 is 5.11 Å². The number of aryl methyl sites for hydroxylation is 2. The maximum atomic E-state index is 9.44. The quantitative estimate of drug-likeness (QED) is 0.467. The summed E-state index contributed by atoms with van der Waals surface area (Å²) in [6.07, 6.45) is 9.91. The van der Waals surface area contributed by atoms with Crippen molar-refractivity contribution >= 4 is 0 Å². The van der Waals surface area contributed by atoms with E-state index in [1.165, 1.54) is 42.4 Å². The number of phenols is 1. The lowest BCUT2D eigenvalue weighted by Gasteiger charge is -2.39. The van der Waals surface area contributed by atoms with Crippen LogP contribution in [0.5, 0.6) is 5.75 Å². The summed E-state index contributed by atoms with van der Waals surface area (Å²) in [4.78, 5) is 12.1. The Morgan fingerprint density at radius 3 is 2.53 bits per heavy atom. The zero-order valence-electron chi connectivity index (χ0n) is 20.2. The van der Waals surface area contributed by atoms with Gasteiger partial charge in [0.25, 0.3) is 0 Å². The Morgan fingerprint density at radius 2 is 1.76 bits per heavy atom. The number of nitrogens with one attached hydrogen (secondary N) is 1. The van der Waals surface area contributed by atoms with Gasteiger partial charge >= 0.3 is 0 Å². The van der Waals surface area contributed by atoms with Crippen molar-refractivity contribution in [3.63, 3.8) is 0 Å². The van der Waals surface area contributed by atoms with Gasteiger partial charge in [-0.05, 0) is 80.5 Å². The SMILES string of the molecule is CCNC1CC2CCC(C1)N2Cc1cccc(-c2ccnc(CCCc3ccc(O)cc3)n2)c1. The van der Waals surface area contributed by atoms with Crippen molar-refractivity contribution in [2.75, 3.05) is 6.54 Å². The molecule has 5 heteroatoms. The molecule has 2 unspecified atom stereocenters. The van der Waals surface area contributed by atoms with Crippen molar-refractivity contribution in [2.45, 2.75) is 76.5 Å². The van der Waals surface area contributed by atoms with Crippen LogP contribution in [0.15, 0.2) is 60.8 Å². The van der Waals surface area contributed by atoms with E-state index in [1.54, 1.807) is 12.1 Å². The zero-order chi connectivity index (χ0) is 23.3. The first kappa shape index (κ1) is 23.0. The molecule has 2 N–H and O–H groups in total. The van der Waals surface area contributed by atoms with Crippen LogP contribution in [0.1, 0.15) is 56.0 Å². The number of piperidine rings is 1. The lowest BCUT2D eigenvalue weighted by Crippen LogP contribution is -2.48. The fourth-order valence-electron chi connectivity index (χ4n) is 5.82. The van der Waals surface area contributed by atoms with E-state index in [1.807, 2.05) is 24.4 Å². The third kappa shape index (κ3) is 5.48. The third-order valence-corrected chi connectivity index (χ3v) is 7.47. The van der Waals surface area contributed by atoms with Gasteiger partial charge in [-0.3, -0.25) is 4.90 Å². The van der Waals surface area contributed by atoms with Gasteiger partial charge in [0.1, 0.15) is 11.6 Å². The van der Waals surface area contributed by atoms with Crippen molar-refractivity contribution in [1.29, 1.82) is 0 Å². The fraction of sp³-hybridized carbons (Fsp3) is 0.448. The maximum Gasteiger partial charge on any atom is 0.128 e. The highest BCUT2D eigenvalue weighted by Gasteiger charge is 2.40. The Balaban J connectivity index is 1.22. The molecule has 2 aliphatic heterocycles. The van der Waals surface area contributed by atoms with Crippen LogP contribution in [0.25, 0.3) is 11.3 Å². The molecule has 178 valence electrons. The predicted octanol–water partition coefficient (Wildman–Crippen LogP) is 5.13. The molecule has 2 atom stereocenters. The van der Waals surface area contributed by atoms with Crippen LogP contribution in [-0.4, -0.2) is 44.6 Å². The Bertz CT molecular complexity index is 1070. The molecule has 2 aromatic carbocycles. The maximum absolute atomic E-state index is 9.44. The first-order valence-electron chi connectivity index (χ1n) is 12.9. The molecule has 34 heavy (non-hydrogen) atoms. The first-order chi connectivity index (χ1) is 16.7. The average molecular weight is 457 g/mol. The van der Waals surface area contributed by atoms with Gasteiger partial charge in [0.05, 0.1) is 5.69 Å². The average Bonchev–Trinajstić information content (AvgIpc) is 3.08. The molecule has 2 fully saturated rings. The standard InChI is InChI=1S/C29H36N4O/c1-2-30-24-18-25-11-12-26(19-24)33(25)20-22-6-3-7-23(17-22)28-15-16-31-29(32-28)8-4-5-21-9-13-27(34)14-10-21/h3,6-7,9-10,13-17,24-26,30,34H,2,4-5,8,11-12,18-20H2,1H3. The van der Waals surface area contributed by atoms with Crippen LogP contribution in [0, 0.1) is 0 Å². The highest BCUT2D eigenvalue weighted by atomic mass is 16.3. The topological polar surface area (TPSA) is 61.3 Å². The van der Waals surface area contributed by atoms with Crippen LogP contribution in [0.3, 0.4) is 0 Å². The van der Waals surface area contributed by atoms with Gasteiger partial charge in [-0.1, -0.05) is 37.3 Å². The van der Waals surface area contributed by atoms with Gasteiger partial charge in [0.2, 0.25) is 0 Å². The van der Waals surface area contributed by atoms with Crippen molar-refractivity contribution in [2.24, 2.45) is 0 Å². The number of hydrogen-bond donors (Lipinski definition) is 2. The van der Waals surface area contributed by atoms with Gasteiger partial charge in [0.15, 0.2) is 0 Å². The molecule has 1 aromatic heterocycles. The van der Waals surface area contributed by atoms with E-state index < -0.39 is 0 Å². The van der Waals surface area contributed by atoms with Crippen LogP contribution in [-0.2, 0) is 19.4 Å². The van der Waals surface area contributed by atoms with Gasteiger partial charge < -0.3 is 10.4 Å². The Labute approximate surface area is 203 Å². The molecule has 0 saturated carbocycles. The van der Waals surface area contributed by atoms with Gasteiger partial charge in [-0.15, -0.1) is 0 Å². The Morgan fingerprint density at radius 1 is 0.971 bits per heavy atom. The van der Waals surface area contributed by atoms with E-state index in [-0.39, 0.29) is 0 Å². The summed E-state index contributed by atoms with van der Waals surface area (Å²) in [6.45, 7) is 4.32. The van der Waals surface area contributed by atoms with Gasteiger partial charge in [-0.2, -0.15) is 0 Å². The smallest absolute Gasteiger partial charge is 0.128 e. The van der Waals surface area contributed by atoms with Crippen molar-refractivity contribution in [3.8, 4) is 17.0 Å². The third-order valence-electron chi connectivity index (χ3n) is 7.47. The molecule has 5 nitrogen and oxygen atoms in total. The van der Waals surface area contributed by atoms with Crippen molar-refractivity contribution in [3.05, 3.63) is 77.7 Å². The largest absolute Gasteiger partial charge is 0.508 e. The van der Waals surface area contributed by atoms with Gasteiger partial charge in [-0.25, -0.2) is 9.97 Å². The predicted molar refractivity (Wildman–Crippen MR) is 137 cm³/mol. The highest BCUT2D eigenvalue weighted by Crippen LogP contribution is 2.37. The van der Waals surface area contributed by atoms with Gasteiger partial charge in [0, 0.05) is 42.9 Å². The number of aromatic hydroxyl groups is 1. The minimum absolute atomic E-state index is 0.313. The fourth-order valence-corrected chi connectivity index (χ4v) is 5.82. The molecule has 2 aliphatic rings. The molecule has 0 spiro atoms. The summed E-state index contributed by atoms with van der Waals surface area (Å²) in [5.41, 5.74) is 4.79. The second-order valence-electron chi connectivity index (χ2n) is 9.86. The zero-order valence-corrected chi connectivity index (χ0v) is 20.2. The number of benzene rings is 2. The molecular weight excluding hydrogens is 420 g/mol. The van der Waals surface area contributed by atoms with E-state index >= 15 is 0 Å². The Kier molecular flexibility index (Phi) is 7.21. The van der Waals surface area contributed by atoms with E-state index in [0.29, 0.717) is 23.9 Å². The van der Waals surface area contributed by atoms with Crippen LogP contribution >= 0.6 is 0 Å². The van der Waals surface area contributed by atoms with Crippen LogP contribution in [0.2, 0.25) is 0 Å². The van der Waals surface area contributed by atoms with E-state index in [9.17, 15) is 5.11 Å². The summed E-state index contributed by atoms with van der Waals surface area (Å²) in [5, 5.41) is 13.1. The van der Waals surface area contributed by atoms with Crippen LogP contribution < -0.4 is 5.32 Å². The summed E-state index contributed by atoms with van der Waals surface area (Å²) < 4.78 is 0. The summed E-state index contributed by atoms with van der Waals surface area (Å²) in [7, 11) is 0. The molecule has 0 amide bonds. The molecule has 3 heterocycles. The first-order valence-corrected chi connectivity index (χ1v) is 12.9. The molecule has 2 bridgehead atoms. The number of hydrogen-bond acceptors (Lipinski definition) is 5. The number of rotatable bonds is 9. The molecular formula is C29H36N4O. The minimum atomic E-state index is 0.313. The summed E-state index contributed by atoms with van der Waals surface area (Å²) in [6, 6.07) is 20.5. The number of nitrogens with zero attached hydrogens (tertiary/aromatic N) is 3. The number of phenolic OH excluding ortho intramolecular Hbond substituents is 1. The molecule has 0 radical (unpaired) electrons. The normalized spacial score (nSPS) is 22.2. The minimum Gasteiger partial charge on any atom is -0.508 e. The second-order valence-corrected chi connectivity index (χ2v) is 9.86. The summed E-state index contributed by atoms with van der Waals surface area (Å²) >= 11 is 0. The monoisotopic (exact) mass is 456 g/mol. The van der Waals surface area contributed by atoms with Crippen molar-refractivity contribution in [1.82, 2.24) is 20.2 Å². The van der Waals surface area contributed by atoms with E-state index in [2.05, 4.69) is 46.4 Å². The lowest BCUT2D eigenvalue weighted by atomic mass is 9.96. The number of aromatic nitrogens is 2. The highest BCUT2D eigenvalue weighted by molar-refractivity contribution is 5.59. The number of fused-ring (bicyclic) bond motifs is 2.